The summed E-state index contributed by atoms with van der Waals surface area (Å²) in [7, 11) is -3.47. The molecule has 1 aromatic carbocycles. The zero-order valence-electron chi connectivity index (χ0n) is 15.1. The van der Waals surface area contributed by atoms with Crippen molar-refractivity contribution in [3.8, 4) is 0 Å². The lowest BCUT2D eigenvalue weighted by Gasteiger charge is -2.34. The second-order valence-corrected chi connectivity index (χ2v) is 9.95. The quantitative estimate of drug-likeness (QED) is 0.774. The van der Waals surface area contributed by atoms with Gasteiger partial charge < -0.3 is 14.4 Å². The van der Waals surface area contributed by atoms with Crippen molar-refractivity contribution in [1.82, 2.24) is 9.21 Å². The fraction of sp³-hybridized carbons (Fsp3) is 0.632. The zero-order chi connectivity index (χ0) is 18.6. The van der Waals surface area contributed by atoms with Gasteiger partial charge in [0.1, 0.15) is 0 Å². The van der Waals surface area contributed by atoms with E-state index in [0.29, 0.717) is 45.6 Å². The molecular formula is C19H24N2O5S. The maximum Gasteiger partial charge on any atom is 0.227 e. The number of carbonyl (C=O) groups is 1. The molecule has 7 nitrogen and oxygen atoms in total. The fourth-order valence-corrected chi connectivity index (χ4v) is 7.31. The van der Waals surface area contributed by atoms with Crippen LogP contribution in [0.3, 0.4) is 0 Å². The third-order valence-corrected chi connectivity index (χ3v) is 8.91. The highest BCUT2D eigenvalue weighted by molar-refractivity contribution is 7.89. The van der Waals surface area contributed by atoms with Crippen molar-refractivity contribution in [1.29, 1.82) is 0 Å². The van der Waals surface area contributed by atoms with E-state index in [2.05, 4.69) is 0 Å². The lowest BCUT2D eigenvalue weighted by molar-refractivity contribution is -0.138. The minimum Gasteiger partial charge on any atom is -0.381 e. The van der Waals surface area contributed by atoms with E-state index >= 15 is 0 Å². The third-order valence-electron chi connectivity index (χ3n) is 6.51. The molecule has 8 heteroatoms. The van der Waals surface area contributed by atoms with Crippen LogP contribution in [0.25, 0.3) is 0 Å². The van der Waals surface area contributed by atoms with Gasteiger partial charge in [-0.05, 0) is 18.4 Å². The largest absolute Gasteiger partial charge is 0.381 e. The SMILES string of the molecule is O=C1C[C@H]2N(S(=O)(=O)C3CCOCC3)CC[C@]23OC[C@@H](c2ccccc2)N13. The Morgan fingerprint density at radius 2 is 1.85 bits per heavy atom. The molecule has 0 bridgehead atoms. The topological polar surface area (TPSA) is 76.2 Å². The molecular weight excluding hydrogens is 368 g/mol. The van der Waals surface area contributed by atoms with Crippen molar-refractivity contribution in [2.75, 3.05) is 26.4 Å². The van der Waals surface area contributed by atoms with E-state index in [0.717, 1.165) is 5.56 Å². The average molecular weight is 392 g/mol. The van der Waals surface area contributed by atoms with Gasteiger partial charge in [-0.25, -0.2) is 8.42 Å². The minimum absolute atomic E-state index is 0.0155. The summed E-state index contributed by atoms with van der Waals surface area (Å²) in [6.45, 7) is 1.78. The molecule has 0 aromatic heterocycles. The van der Waals surface area contributed by atoms with E-state index in [9.17, 15) is 13.2 Å². The van der Waals surface area contributed by atoms with Gasteiger partial charge >= 0.3 is 0 Å². The van der Waals surface area contributed by atoms with E-state index < -0.39 is 27.0 Å². The molecule has 27 heavy (non-hydrogen) atoms. The molecule has 0 N–H and O–H groups in total. The Morgan fingerprint density at radius 1 is 1.11 bits per heavy atom. The van der Waals surface area contributed by atoms with Gasteiger partial charge in [0.05, 0.1) is 23.9 Å². The fourth-order valence-electron chi connectivity index (χ4n) is 5.20. The molecule has 1 aromatic rings. The first-order chi connectivity index (χ1) is 13.0. The number of hydrogen-bond donors (Lipinski definition) is 0. The Bertz CT molecular complexity index is 839. The van der Waals surface area contributed by atoms with E-state index in [-0.39, 0.29) is 18.4 Å². The third kappa shape index (κ3) is 2.50. The highest BCUT2D eigenvalue weighted by Crippen LogP contribution is 2.52. The molecule has 0 radical (unpaired) electrons. The van der Waals surface area contributed by atoms with E-state index in [4.69, 9.17) is 9.47 Å². The van der Waals surface area contributed by atoms with Crippen LogP contribution in [0.5, 0.6) is 0 Å². The predicted octanol–water partition coefficient (Wildman–Crippen LogP) is 1.27. The van der Waals surface area contributed by atoms with Crippen LogP contribution in [0.4, 0.5) is 0 Å². The van der Waals surface area contributed by atoms with Crippen LogP contribution >= 0.6 is 0 Å². The Hall–Kier alpha value is -1.48. The number of carbonyl (C=O) groups excluding carboxylic acids is 1. The Kier molecular flexibility index (Phi) is 4.09. The summed E-state index contributed by atoms with van der Waals surface area (Å²) in [5, 5.41) is -0.420. The molecule has 0 saturated carbocycles. The van der Waals surface area contributed by atoms with Gasteiger partial charge in [0.15, 0.2) is 5.72 Å². The number of rotatable bonds is 3. The molecule has 4 fully saturated rings. The van der Waals surface area contributed by atoms with E-state index in [1.807, 2.05) is 35.2 Å². The van der Waals surface area contributed by atoms with Crippen molar-refractivity contribution >= 4 is 15.9 Å². The average Bonchev–Trinajstić information content (AvgIpc) is 3.32. The summed E-state index contributed by atoms with van der Waals surface area (Å²) < 4.78 is 39.6. The standard InChI is InChI=1S/C19H24N2O5S/c22-18-12-17-19(21(18)16(13-26-19)14-4-2-1-3-5-14)8-9-20(17)27(23,24)15-6-10-25-11-7-15/h1-5,15-17H,6-13H2/t16-,17+,19-/m0/s1. The van der Waals surface area contributed by atoms with Gasteiger partial charge in [0, 0.05) is 32.6 Å². The number of hydrogen-bond acceptors (Lipinski definition) is 5. The number of nitrogens with zero attached hydrogens (tertiary/aromatic N) is 2. The molecule has 5 rings (SSSR count). The van der Waals surface area contributed by atoms with Crippen LogP contribution in [-0.4, -0.2) is 66.9 Å². The molecule has 4 aliphatic heterocycles. The van der Waals surface area contributed by atoms with Crippen molar-refractivity contribution in [2.45, 2.75) is 48.7 Å². The van der Waals surface area contributed by atoms with Gasteiger partial charge in [-0.2, -0.15) is 4.31 Å². The minimum atomic E-state index is -3.47. The number of benzene rings is 1. The van der Waals surface area contributed by atoms with Gasteiger partial charge in [0.2, 0.25) is 15.9 Å². The second-order valence-electron chi connectivity index (χ2n) is 7.78. The van der Waals surface area contributed by atoms with Crippen LogP contribution in [0.1, 0.15) is 37.3 Å². The number of sulfonamides is 1. The number of amides is 1. The number of ether oxygens (including phenoxy) is 2. The maximum absolute atomic E-state index is 13.3. The van der Waals surface area contributed by atoms with Gasteiger partial charge in [-0.15, -0.1) is 0 Å². The van der Waals surface area contributed by atoms with Crippen molar-refractivity contribution in [3.05, 3.63) is 35.9 Å². The summed E-state index contributed by atoms with van der Waals surface area (Å²) in [6.07, 6.45) is 1.77. The van der Waals surface area contributed by atoms with Crippen LogP contribution in [0.15, 0.2) is 30.3 Å². The van der Waals surface area contributed by atoms with Crippen LogP contribution in [0, 0.1) is 0 Å². The normalized spacial score (nSPS) is 34.8. The first kappa shape index (κ1) is 17.6. The smallest absolute Gasteiger partial charge is 0.227 e. The lowest BCUT2D eigenvalue weighted by atomic mass is 10.0. The molecule has 146 valence electrons. The van der Waals surface area contributed by atoms with Crippen LogP contribution in [-0.2, 0) is 24.3 Å². The van der Waals surface area contributed by atoms with E-state index in [1.54, 1.807) is 4.31 Å². The summed E-state index contributed by atoms with van der Waals surface area (Å²) in [5.41, 5.74) is 0.227. The molecule has 1 amide bonds. The first-order valence-corrected chi connectivity index (χ1v) is 11.1. The molecule has 4 heterocycles. The summed E-state index contributed by atoms with van der Waals surface area (Å²) in [6, 6.07) is 9.28. The van der Waals surface area contributed by atoms with Crippen molar-refractivity contribution in [3.63, 3.8) is 0 Å². The molecule has 0 aliphatic carbocycles. The molecule has 3 atom stereocenters. The van der Waals surface area contributed by atoms with Crippen LogP contribution < -0.4 is 0 Å². The molecule has 4 aliphatic rings. The predicted molar refractivity (Wildman–Crippen MR) is 97.2 cm³/mol. The molecule has 1 spiro atoms. The second kappa shape index (κ2) is 6.27. The van der Waals surface area contributed by atoms with Gasteiger partial charge in [-0.1, -0.05) is 30.3 Å². The van der Waals surface area contributed by atoms with E-state index in [1.165, 1.54) is 0 Å². The van der Waals surface area contributed by atoms with Crippen molar-refractivity contribution in [2.24, 2.45) is 0 Å². The first-order valence-electron chi connectivity index (χ1n) is 9.63. The Morgan fingerprint density at radius 3 is 2.59 bits per heavy atom. The lowest BCUT2D eigenvalue weighted by Crippen LogP contribution is -2.51. The van der Waals surface area contributed by atoms with Gasteiger partial charge in [-0.3, -0.25) is 4.79 Å². The van der Waals surface area contributed by atoms with Crippen molar-refractivity contribution < 1.29 is 22.7 Å². The molecule has 0 unspecified atom stereocenters. The monoisotopic (exact) mass is 392 g/mol. The Labute approximate surface area is 159 Å². The summed E-state index contributed by atoms with van der Waals surface area (Å²) >= 11 is 0. The molecule has 4 saturated heterocycles. The highest BCUT2D eigenvalue weighted by Gasteiger charge is 2.67. The van der Waals surface area contributed by atoms with Crippen LogP contribution in [0.2, 0.25) is 0 Å². The maximum atomic E-state index is 13.3. The Balaban J connectivity index is 1.46. The van der Waals surface area contributed by atoms with Gasteiger partial charge in [0.25, 0.3) is 0 Å². The summed E-state index contributed by atoms with van der Waals surface area (Å²) in [4.78, 5) is 14.7. The highest BCUT2D eigenvalue weighted by atomic mass is 32.2. The zero-order valence-corrected chi connectivity index (χ0v) is 15.9. The summed E-state index contributed by atoms with van der Waals surface area (Å²) in [5.74, 6) is -0.0155.